The van der Waals surface area contributed by atoms with Crippen LogP contribution in [0.5, 0.6) is 0 Å². The molecule has 3 rings (SSSR count). The lowest BCUT2D eigenvalue weighted by molar-refractivity contribution is -0.145. The third kappa shape index (κ3) is 4.26. The number of halogens is 1. The first-order chi connectivity index (χ1) is 12.5. The molecule has 0 bridgehead atoms. The van der Waals surface area contributed by atoms with Gasteiger partial charge in [-0.05, 0) is 11.6 Å². The minimum absolute atomic E-state index is 0.0486. The summed E-state index contributed by atoms with van der Waals surface area (Å²) in [5.74, 6) is -3.13. The van der Waals surface area contributed by atoms with E-state index < -0.39 is 17.8 Å². The molecule has 1 fully saturated rings. The van der Waals surface area contributed by atoms with Crippen LogP contribution < -0.4 is 5.32 Å². The lowest BCUT2D eigenvalue weighted by atomic mass is 9.95. The Morgan fingerprint density at radius 1 is 1.04 bits per heavy atom. The largest absolute Gasteiger partial charge is 0.481 e. The molecule has 0 saturated carbocycles. The number of likely N-dealkylation sites (tertiary alicyclic amines) is 1. The molecule has 1 amide bonds. The standard InChI is InChI=1S/C20H21FN2O3/c21-18-9-5-4-8-15(18)10-22-19(24)16-12-23(13-17(16)20(25)26)11-14-6-2-1-3-7-14/h1-9,16-17H,10-13H2,(H,22,24)(H,25,26). The van der Waals surface area contributed by atoms with Gasteiger partial charge in [-0.15, -0.1) is 0 Å². The fourth-order valence-corrected chi connectivity index (χ4v) is 3.33. The number of carbonyl (C=O) groups is 2. The molecule has 136 valence electrons. The monoisotopic (exact) mass is 356 g/mol. The van der Waals surface area contributed by atoms with E-state index in [1.807, 2.05) is 35.2 Å². The number of rotatable bonds is 6. The Hall–Kier alpha value is -2.73. The Morgan fingerprint density at radius 2 is 1.69 bits per heavy atom. The second-order valence-corrected chi connectivity index (χ2v) is 6.54. The van der Waals surface area contributed by atoms with Crippen LogP contribution in [0.2, 0.25) is 0 Å². The Morgan fingerprint density at radius 3 is 2.38 bits per heavy atom. The molecule has 2 atom stereocenters. The van der Waals surface area contributed by atoms with Crippen LogP contribution in [0.4, 0.5) is 4.39 Å². The summed E-state index contributed by atoms with van der Waals surface area (Å²) >= 11 is 0. The van der Waals surface area contributed by atoms with Gasteiger partial charge in [-0.3, -0.25) is 14.5 Å². The SMILES string of the molecule is O=C(O)C1CN(Cc2ccccc2)CC1C(=O)NCc1ccccc1F. The van der Waals surface area contributed by atoms with Gasteiger partial charge < -0.3 is 10.4 Å². The lowest BCUT2D eigenvalue weighted by Crippen LogP contribution is -2.37. The highest BCUT2D eigenvalue weighted by atomic mass is 19.1. The number of carboxylic acid groups (broad SMARTS) is 1. The molecule has 1 aliphatic heterocycles. The van der Waals surface area contributed by atoms with Gasteiger partial charge in [0.05, 0.1) is 11.8 Å². The van der Waals surface area contributed by atoms with E-state index in [2.05, 4.69) is 5.32 Å². The number of carboxylic acids is 1. The van der Waals surface area contributed by atoms with Crippen molar-refractivity contribution in [2.45, 2.75) is 13.1 Å². The maximum atomic E-state index is 13.7. The van der Waals surface area contributed by atoms with Crippen LogP contribution in [-0.2, 0) is 22.7 Å². The van der Waals surface area contributed by atoms with Crippen molar-refractivity contribution in [1.29, 1.82) is 0 Å². The zero-order valence-electron chi connectivity index (χ0n) is 14.3. The Bertz CT molecular complexity index is 782. The van der Waals surface area contributed by atoms with Gasteiger partial charge in [0.1, 0.15) is 5.82 Å². The van der Waals surface area contributed by atoms with Gasteiger partial charge in [0.15, 0.2) is 0 Å². The van der Waals surface area contributed by atoms with Gasteiger partial charge >= 0.3 is 5.97 Å². The molecule has 2 aromatic rings. The lowest BCUT2D eigenvalue weighted by Gasteiger charge is -2.16. The molecule has 1 aliphatic rings. The molecule has 0 aliphatic carbocycles. The third-order valence-corrected chi connectivity index (χ3v) is 4.71. The highest BCUT2D eigenvalue weighted by molar-refractivity contribution is 5.85. The van der Waals surface area contributed by atoms with E-state index in [4.69, 9.17) is 0 Å². The summed E-state index contributed by atoms with van der Waals surface area (Å²) in [6, 6.07) is 15.9. The zero-order valence-corrected chi connectivity index (χ0v) is 14.3. The summed E-state index contributed by atoms with van der Waals surface area (Å²) in [7, 11) is 0. The minimum Gasteiger partial charge on any atom is -0.481 e. The van der Waals surface area contributed by atoms with Gasteiger partial charge in [0.2, 0.25) is 5.91 Å². The molecule has 6 heteroatoms. The van der Waals surface area contributed by atoms with Gasteiger partial charge in [-0.25, -0.2) is 4.39 Å². The van der Waals surface area contributed by atoms with Crippen molar-refractivity contribution in [3.63, 3.8) is 0 Å². The van der Waals surface area contributed by atoms with E-state index in [1.165, 1.54) is 6.07 Å². The smallest absolute Gasteiger partial charge is 0.308 e. The molecule has 0 spiro atoms. The molecule has 0 aromatic heterocycles. The first-order valence-electron chi connectivity index (χ1n) is 8.55. The Balaban J connectivity index is 1.63. The van der Waals surface area contributed by atoms with E-state index >= 15 is 0 Å². The van der Waals surface area contributed by atoms with E-state index in [9.17, 15) is 19.1 Å². The van der Waals surface area contributed by atoms with Crippen molar-refractivity contribution in [1.82, 2.24) is 10.2 Å². The summed E-state index contributed by atoms with van der Waals surface area (Å²) in [4.78, 5) is 26.1. The first-order valence-corrected chi connectivity index (χ1v) is 8.55. The quantitative estimate of drug-likeness (QED) is 0.833. The molecule has 26 heavy (non-hydrogen) atoms. The number of carbonyl (C=O) groups excluding carboxylic acids is 1. The summed E-state index contributed by atoms with van der Waals surface area (Å²) in [5.41, 5.74) is 1.45. The fourth-order valence-electron chi connectivity index (χ4n) is 3.33. The average molecular weight is 356 g/mol. The van der Waals surface area contributed by atoms with E-state index in [0.717, 1.165) is 5.56 Å². The highest BCUT2D eigenvalue weighted by Gasteiger charge is 2.41. The van der Waals surface area contributed by atoms with Crippen LogP contribution in [0, 0.1) is 17.7 Å². The second kappa shape index (κ2) is 8.10. The zero-order chi connectivity index (χ0) is 18.5. The van der Waals surface area contributed by atoms with Crippen LogP contribution in [0.1, 0.15) is 11.1 Å². The van der Waals surface area contributed by atoms with Crippen LogP contribution in [0.25, 0.3) is 0 Å². The molecule has 2 unspecified atom stereocenters. The van der Waals surface area contributed by atoms with Gasteiger partial charge in [0.25, 0.3) is 0 Å². The molecular weight excluding hydrogens is 335 g/mol. The van der Waals surface area contributed by atoms with Crippen molar-refractivity contribution in [2.24, 2.45) is 11.8 Å². The number of benzene rings is 2. The number of nitrogens with zero attached hydrogens (tertiary/aromatic N) is 1. The summed E-state index contributed by atoms with van der Waals surface area (Å²) in [5, 5.41) is 12.2. The summed E-state index contributed by atoms with van der Waals surface area (Å²) in [6.45, 7) is 1.34. The second-order valence-electron chi connectivity index (χ2n) is 6.54. The van der Waals surface area contributed by atoms with E-state index in [-0.39, 0.29) is 18.3 Å². The van der Waals surface area contributed by atoms with Gasteiger partial charge in [-0.1, -0.05) is 48.5 Å². The molecule has 0 radical (unpaired) electrons. The molecule has 1 saturated heterocycles. The van der Waals surface area contributed by atoms with Crippen molar-refractivity contribution in [3.05, 3.63) is 71.5 Å². The predicted octanol–water partition coefficient (Wildman–Crippen LogP) is 2.27. The highest BCUT2D eigenvalue weighted by Crippen LogP contribution is 2.25. The van der Waals surface area contributed by atoms with Crippen LogP contribution in [-0.4, -0.2) is 35.0 Å². The van der Waals surface area contributed by atoms with Crippen LogP contribution in [0.15, 0.2) is 54.6 Å². The number of aliphatic carboxylic acids is 1. The average Bonchev–Trinajstić information content (AvgIpc) is 3.06. The number of hydrogen-bond acceptors (Lipinski definition) is 3. The molecule has 2 N–H and O–H groups in total. The van der Waals surface area contributed by atoms with E-state index in [1.54, 1.807) is 18.2 Å². The third-order valence-electron chi connectivity index (χ3n) is 4.71. The maximum Gasteiger partial charge on any atom is 0.308 e. The van der Waals surface area contributed by atoms with E-state index in [0.29, 0.717) is 25.2 Å². The first kappa shape index (κ1) is 18.1. The van der Waals surface area contributed by atoms with Crippen LogP contribution in [0.3, 0.4) is 0 Å². The summed E-state index contributed by atoms with van der Waals surface area (Å²) < 4.78 is 13.7. The molecular formula is C20H21FN2O3. The summed E-state index contributed by atoms with van der Waals surface area (Å²) in [6.07, 6.45) is 0. The van der Waals surface area contributed by atoms with Crippen molar-refractivity contribution in [2.75, 3.05) is 13.1 Å². The Kier molecular flexibility index (Phi) is 5.63. The number of hydrogen-bond donors (Lipinski definition) is 2. The fraction of sp³-hybridized carbons (Fsp3) is 0.300. The van der Waals surface area contributed by atoms with Crippen LogP contribution >= 0.6 is 0 Å². The van der Waals surface area contributed by atoms with Crippen molar-refractivity contribution >= 4 is 11.9 Å². The number of nitrogens with one attached hydrogen (secondary N) is 1. The predicted molar refractivity (Wildman–Crippen MR) is 94.6 cm³/mol. The topological polar surface area (TPSA) is 69.6 Å². The molecule has 5 nitrogen and oxygen atoms in total. The Labute approximate surface area is 151 Å². The molecule has 1 heterocycles. The van der Waals surface area contributed by atoms with Crippen molar-refractivity contribution < 1.29 is 19.1 Å². The van der Waals surface area contributed by atoms with Crippen molar-refractivity contribution in [3.8, 4) is 0 Å². The van der Waals surface area contributed by atoms with Gasteiger partial charge in [-0.2, -0.15) is 0 Å². The minimum atomic E-state index is -0.980. The number of amides is 1. The maximum absolute atomic E-state index is 13.7. The normalized spacial score (nSPS) is 20.0. The van der Waals surface area contributed by atoms with Gasteiger partial charge in [0, 0.05) is 31.7 Å². The molecule has 2 aromatic carbocycles.